The fourth-order valence-corrected chi connectivity index (χ4v) is 7.74. The topological polar surface area (TPSA) is 0 Å². The van der Waals surface area contributed by atoms with Crippen LogP contribution < -0.4 is 0 Å². The van der Waals surface area contributed by atoms with E-state index in [1.54, 1.807) is 5.56 Å². The first-order chi connectivity index (χ1) is 16.7. The number of fused-ring (bicyclic) bond motifs is 3. The second-order valence-corrected chi connectivity index (χ2v) is 12.7. The average molecular weight is 463 g/mol. The minimum absolute atomic E-state index is 0.514. The Kier molecular flexibility index (Phi) is 9.79. The van der Waals surface area contributed by atoms with Crippen molar-refractivity contribution in [2.75, 3.05) is 0 Å². The Morgan fingerprint density at radius 1 is 0.765 bits per heavy atom. The van der Waals surface area contributed by atoms with E-state index < -0.39 is 0 Å². The molecule has 1 aromatic carbocycles. The molecule has 4 aliphatic carbocycles. The third-order valence-corrected chi connectivity index (χ3v) is 10.4. The van der Waals surface area contributed by atoms with Gasteiger partial charge in [-0.3, -0.25) is 0 Å². The summed E-state index contributed by atoms with van der Waals surface area (Å²) >= 11 is 0. The largest absolute Gasteiger partial charge is 0.0879 e. The van der Waals surface area contributed by atoms with Crippen LogP contribution in [-0.2, 0) is 11.8 Å². The van der Waals surface area contributed by atoms with Crippen LogP contribution in [0, 0.1) is 17.3 Å². The van der Waals surface area contributed by atoms with Crippen LogP contribution in [0.25, 0.3) is 0 Å². The summed E-state index contributed by atoms with van der Waals surface area (Å²) in [5.41, 5.74) is 4.42. The van der Waals surface area contributed by atoms with Crippen molar-refractivity contribution in [1.82, 2.24) is 0 Å². The Morgan fingerprint density at radius 2 is 1.41 bits per heavy atom. The summed E-state index contributed by atoms with van der Waals surface area (Å²) in [7, 11) is 0. The molecule has 0 atom stereocenters. The van der Waals surface area contributed by atoms with Crippen molar-refractivity contribution < 1.29 is 0 Å². The van der Waals surface area contributed by atoms with Gasteiger partial charge in [0.2, 0.25) is 0 Å². The smallest absolute Gasteiger partial charge is 0.00463 e. The zero-order valence-corrected chi connectivity index (χ0v) is 22.8. The molecule has 1 aromatic rings. The van der Waals surface area contributed by atoms with Crippen molar-refractivity contribution in [1.29, 1.82) is 0 Å². The van der Waals surface area contributed by atoms with Gasteiger partial charge in [0.15, 0.2) is 0 Å². The molecule has 190 valence electrons. The SMILES string of the molecule is CCCCCC12CCC(c3ccc(CCC=C[C@H]4CC[C@H](CCCCC)CC4)cc3)(CC1)CC2. The molecule has 4 fully saturated rings. The minimum atomic E-state index is 0.514. The standard InChI is InChI=1S/C34H54/c1-3-5-7-11-29-14-16-30(17-15-29)12-8-9-13-31-18-20-32(21-19-31)34-26-23-33(24-27-34,25-28-34)22-10-6-4-2/h8,12,18-21,29-30H,3-7,9-11,13-17,22-28H2,1-2H3/t29-,30-,33?,34?. The third-order valence-electron chi connectivity index (χ3n) is 10.4. The predicted octanol–water partition coefficient (Wildman–Crippen LogP) is 10.7. The van der Waals surface area contributed by atoms with Crippen molar-refractivity contribution >= 4 is 0 Å². The Labute approximate surface area is 212 Å². The Balaban J connectivity index is 1.17. The molecule has 0 N–H and O–H groups in total. The Bertz CT molecular complexity index is 705. The molecule has 0 nitrogen and oxygen atoms in total. The predicted molar refractivity (Wildman–Crippen MR) is 149 cm³/mol. The summed E-state index contributed by atoms with van der Waals surface area (Å²) in [5, 5.41) is 0. The van der Waals surface area contributed by atoms with Crippen LogP contribution in [0.2, 0.25) is 0 Å². The Hall–Kier alpha value is -1.04. The molecule has 0 heterocycles. The number of hydrogen-bond donors (Lipinski definition) is 0. The second kappa shape index (κ2) is 12.8. The van der Waals surface area contributed by atoms with Gasteiger partial charge in [-0.1, -0.05) is 95.2 Å². The zero-order valence-electron chi connectivity index (χ0n) is 22.8. The van der Waals surface area contributed by atoms with Gasteiger partial charge in [-0.15, -0.1) is 0 Å². The lowest BCUT2D eigenvalue weighted by molar-refractivity contribution is 0.0305. The minimum Gasteiger partial charge on any atom is -0.0879 e. The van der Waals surface area contributed by atoms with E-state index in [4.69, 9.17) is 0 Å². The molecule has 0 radical (unpaired) electrons. The quantitative estimate of drug-likeness (QED) is 0.202. The fourth-order valence-electron chi connectivity index (χ4n) is 7.74. The summed E-state index contributed by atoms with van der Waals surface area (Å²) < 4.78 is 0. The normalized spacial score (nSPS) is 31.4. The van der Waals surface area contributed by atoms with Gasteiger partial charge >= 0.3 is 0 Å². The van der Waals surface area contributed by atoms with Gasteiger partial charge < -0.3 is 0 Å². The molecule has 4 aliphatic rings. The summed E-state index contributed by atoms with van der Waals surface area (Å²) in [4.78, 5) is 0. The van der Waals surface area contributed by atoms with Crippen molar-refractivity contribution in [2.24, 2.45) is 17.3 Å². The van der Waals surface area contributed by atoms with Crippen molar-refractivity contribution in [2.45, 2.75) is 148 Å². The van der Waals surface area contributed by atoms with Crippen LogP contribution in [-0.4, -0.2) is 0 Å². The number of hydrogen-bond acceptors (Lipinski definition) is 0. The number of rotatable bonds is 13. The van der Waals surface area contributed by atoms with Crippen LogP contribution in [0.15, 0.2) is 36.4 Å². The number of allylic oxidation sites excluding steroid dienone is 2. The molecule has 5 rings (SSSR count). The van der Waals surface area contributed by atoms with Crippen LogP contribution in [0.3, 0.4) is 0 Å². The van der Waals surface area contributed by atoms with Gasteiger partial charge in [-0.05, 0) is 117 Å². The molecule has 0 aromatic heterocycles. The maximum atomic E-state index is 2.56. The molecule has 2 bridgehead atoms. The Morgan fingerprint density at radius 3 is 2.06 bits per heavy atom. The van der Waals surface area contributed by atoms with Crippen LogP contribution in [0.4, 0.5) is 0 Å². The van der Waals surface area contributed by atoms with E-state index in [2.05, 4.69) is 50.3 Å². The highest BCUT2D eigenvalue weighted by Gasteiger charge is 2.48. The lowest BCUT2D eigenvalue weighted by atomic mass is 9.51. The highest BCUT2D eigenvalue weighted by Crippen LogP contribution is 2.59. The van der Waals surface area contributed by atoms with E-state index in [-0.39, 0.29) is 0 Å². The molecule has 0 saturated heterocycles. The van der Waals surface area contributed by atoms with Crippen LogP contribution >= 0.6 is 0 Å². The molecule has 0 unspecified atom stereocenters. The van der Waals surface area contributed by atoms with Gasteiger partial charge in [0, 0.05) is 0 Å². The van der Waals surface area contributed by atoms with Crippen LogP contribution in [0.5, 0.6) is 0 Å². The fraction of sp³-hybridized carbons (Fsp3) is 0.765. The molecule has 0 aliphatic heterocycles. The monoisotopic (exact) mass is 462 g/mol. The van der Waals surface area contributed by atoms with Crippen molar-refractivity contribution in [3.8, 4) is 0 Å². The van der Waals surface area contributed by atoms with E-state index in [1.165, 1.54) is 134 Å². The van der Waals surface area contributed by atoms with Crippen molar-refractivity contribution in [3.63, 3.8) is 0 Å². The van der Waals surface area contributed by atoms with E-state index in [0.29, 0.717) is 5.41 Å². The van der Waals surface area contributed by atoms with Gasteiger partial charge in [0.25, 0.3) is 0 Å². The molecule has 0 spiro atoms. The molecular weight excluding hydrogens is 408 g/mol. The molecule has 4 saturated carbocycles. The first-order valence-corrected chi connectivity index (χ1v) is 15.4. The highest BCUT2D eigenvalue weighted by molar-refractivity contribution is 5.31. The highest BCUT2D eigenvalue weighted by atomic mass is 14.5. The maximum Gasteiger partial charge on any atom is -0.00463 e. The van der Waals surface area contributed by atoms with Gasteiger partial charge in [0.1, 0.15) is 0 Å². The summed E-state index contributed by atoms with van der Waals surface area (Å²) in [6.45, 7) is 4.66. The van der Waals surface area contributed by atoms with E-state index in [1.807, 2.05) is 0 Å². The molecule has 0 heteroatoms. The van der Waals surface area contributed by atoms with E-state index in [9.17, 15) is 0 Å². The third kappa shape index (κ3) is 6.79. The summed E-state index contributed by atoms with van der Waals surface area (Å²) in [5.74, 6) is 1.88. The van der Waals surface area contributed by atoms with Gasteiger partial charge in [0.05, 0.1) is 0 Å². The molecule has 0 amide bonds. The zero-order chi connectivity index (χ0) is 23.7. The molecule has 34 heavy (non-hydrogen) atoms. The number of benzene rings is 1. The first kappa shape index (κ1) is 26.0. The lowest BCUT2D eigenvalue weighted by Gasteiger charge is -2.54. The van der Waals surface area contributed by atoms with Gasteiger partial charge in [-0.25, -0.2) is 0 Å². The van der Waals surface area contributed by atoms with Crippen molar-refractivity contribution in [3.05, 3.63) is 47.5 Å². The summed E-state index contributed by atoms with van der Waals surface area (Å²) in [6.07, 6.45) is 33.6. The summed E-state index contributed by atoms with van der Waals surface area (Å²) in [6, 6.07) is 9.93. The van der Waals surface area contributed by atoms with Crippen LogP contribution in [0.1, 0.15) is 147 Å². The average Bonchev–Trinajstić information content (AvgIpc) is 2.89. The van der Waals surface area contributed by atoms with Gasteiger partial charge in [-0.2, -0.15) is 0 Å². The first-order valence-electron chi connectivity index (χ1n) is 15.4. The van der Waals surface area contributed by atoms with E-state index >= 15 is 0 Å². The number of aryl methyl sites for hydroxylation is 1. The number of unbranched alkanes of at least 4 members (excludes halogenated alkanes) is 4. The maximum absolute atomic E-state index is 2.56. The molecular formula is C34H54. The lowest BCUT2D eigenvalue weighted by Crippen LogP contribution is -2.44. The second-order valence-electron chi connectivity index (χ2n) is 12.7. The van der Waals surface area contributed by atoms with E-state index in [0.717, 1.165) is 17.3 Å².